The molecule has 0 aliphatic carbocycles. The van der Waals surface area contributed by atoms with Gasteiger partial charge in [0.05, 0.1) is 7.11 Å². The molecule has 0 radical (unpaired) electrons. The number of ether oxygens (including phenoxy) is 1. The van der Waals surface area contributed by atoms with E-state index in [2.05, 4.69) is 59.7 Å². The van der Waals surface area contributed by atoms with Crippen LogP contribution in [0, 0.1) is 0 Å². The van der Waals surface area contributed by atoms with Crippen molar-refractivity contribution in [3.63, 3.8) is 0 Å². The Morgan fingerprint density at radius 3 is 1.72 bits per heavy atom. The van der Waals surface area contributed by atoms with Crippen LogP contribution in [0.5, 0.6) is 5.75 Å². The Balaban J connectivity index is 0.00000289. The van der Waals surface area contributed by atoms with Crippen molar-refractivity contribution in [1.29, 1.82) is 0 Å². The number of hydrogen-bond acceptors (Lipinski definition) is 1. The van der Waals surface area contributed by atoms with Crippen LogP contribution in [0.4, 0.5) is 0 Å². The minimum absolute atomic E-state index is 0. The predicted molar refractivity (Wildman–Crippen MR) is 79.1 cm³/mol. The van der Waals surface area contributed by atoms with Gasteiger partial charge in [-0.3, -0.25) is 0 Å². The molecule has 1 aromatic carbocycles. The van der Waals surface area contributed by atoms with Crippen molar-refractivity contribution in [3.8, 4) is 5.75 Å². The van der Waals surface area contributed by atoms with E-state index < -0.39 is 0 Å². The number of hydrogen-bond donors (Lipinski definition) is 0. The molecule has 106 valence electrons. The van der Waals surface area contributed by atoms with Crippen molar-refractivity contribution in [2.24, 2.45) is 0 Å². The van der Waals surface area contributed by atoms with E-state index in [1.807, 2.05) is 6.07 Å². The number of benzene rings is 1. The Kier molecular flexibility index (Phi) is 6.56. The largest absolute Gasteiger partial charge is 0.496 e. The third-order valence-electron chi connectivity index (χ3n) is 2.67. The zero-order valence-electron chi connectivity index (χ0n) is 12.5. The van der Waals surface area contributed by atoms with Crippen molar-refractivity contribution >= 4 is 13.2 Å². The van der Waals surface area contributed by atoms with Gasteiger partial charge in [-0.25, -0.2) is 0 Å². The van der Waals surface area contributed by atoms with Crippen LogP contribution in [-0.4, -0.2) is 17.4 Å². The van der Waals surface area contributed by atoms with E-state index in [4.69, 9.17) is 4.74 Å². The average Bonchev–Trinajstić information content (AvgIpc) is 2.14. The molecule has 0 aliphatic rings. The first-order valence-electron chi connectivity index (χ1n) is 6.11. The van der Waals surface area contributed by atoms with Gasteiger partial charge >= 0.3 is 0 Å². The Hall–Kier alpha value is 0.112. The van der Waals surface area contributed by atoms with E-state index in [1.165, 1.54) is 5.30 Å². The molecule has 0 amide bonds. The summed E-state index contributed by atoms with van der Waals surface area (Å²) in [4.78, 5) is 0. The first-order valence-corrected chi connectivity index (χ1v) is 7.45. The van der Waals surface area contributed by atoms with Gasteiger partial charge in [-0.05, 0) is 16.4 Å². The summed E-state index contributed by atoms with van der Waals surface area (Å²) in [6.45, 7) is 14.0. The number of rotatable bonds is 2. The van der Waals surface area contributed by atoms with Crippen molar-refractivity contribution in [2.75, 3.05) is 7.11 Å². The molecule has 0 aromatic heterocycles. The third-order valence-corrected chi connectivity index (χ3v) is 6.20. The molecule has 0 saturated carbocycles. The summed E-state index contributed by atoms with van der Waals surface area (Å²) < 4.78 is 5.53. The first-order chi connectivity index (χ1) is 7.68. The molecule has 0 spiro atoms. The van der Waals surface area contributed by atoms with Gasteiger partial charge in [0, 0.05) is 25.7 Å². The van der Waals surface area contributed by atoms with Crippen molar-refractivity contribution < 1.29 is 25.2 Å². The minimum Gasteiger partial charge on any atom is -0.496 e. The molecule has 0 fully saturated rings. The van der Waals surface area contributed by atoms with Gasteiger partial charge in [0.15, 0.2) is 0 Å². The molecule has 0 unspecified atom stereocenters. The Labute approximate surface area is 127 Å². The van der Waals surface area contributed by atoms with E-state index in [1.54, 1.807) is 7.11 Å². The maximum atomic E-state index is 5.53. The normalized spacial score (nSPS) is 12.2. The predicted octanol–water partition coefficient (Wildman–Crippen LogP) is 4.40. The topological polar surface area (TPSA) is 9.23 Å². The molecule has 1 aromatic rings. The minimum atomic E-state index is -0.289. The zero-order valence-corrected chi connectivity index (χ0v) is 14.9. The second-order valence-electron chi connectivity index (χ2n) is 6.35. The van der Waals surface area contributed by atoms with Gasteiger partial charge < -0.3 is 4.74 Å². The fraction of sp³-hybridized carbons (Fsp3) is 0.600. The van der Waals surface area contributed by atoms with E-state index >= 15 is 0 Å². The van der Waals surface area contributed by atoms with E-state index in [0.717, 1.165) is 5.75 Å². The second kappa shape index (κ2) is 6.52. The zero-order chi connectivity index (χ0) is 13.3. The molecule has 1 nitrogen and oxygen atoms in total. The fourth-order valence-electron chi connectivity index (χ4n) is 2.54. The molecule has 1 rings (SSSR count). The maximum absolute atomic E-state index is 5.53. The second-order valence-corrected chi connectivity index (χ2v) is 10.2. The van der Waals surface area contributed by atoms with Gasteiger partial charge in [0.2, 0.25) is 0 Å². The summed E-state index contributed by atoms with van der Waals surface area (Å²) in [5.74, 6) is 1.03. The number of para-hydroxylation sites is 1. The quantitative estimate of drug-likeness (QED) is 0.562. The molecule has 0 heterocycles. The maximum Gasteiger partial charge on any atom is 0.126 e. The molecule has 0 atom stereocenters. The SMILES string of the molecule is COc1ccccc1P(C(C)(C)C)C(C)(C)C.[Pd]. The molecule has 0 N–H and O–H groups in total. The van der Waals surface area contributed by atoms with Gasteiger partial charge in [0.1, 0.15) is 5.75 Å². The van der Waals surface area contributed by atoms with Crippen LogP contribution in [0.25, 0.3) is 0 Å². The number of methoxy groups -OCH3 is 1. The van der Waals surface area contributed by atoms with Crippen LogP contribution in [0.1, 0.15) is 41.5 Å². The Bertz CT molecular complexity index is 363. The van der Waals surface area contributed by atoms with E-state index in [-0.39, 0.29) is 38.7 Å². The molecule has 0 bridgehead atoms. The molecule has 0 saturated heterocycles. The van der Waals surface area contributed by atoms with Gasteiger partial charge in [-0.15, -0.1) is 0 Å². The molecular weight excluding hydrogens is 334 g/mol. The van der Waals surface area contributed by atoms with Crippen LogP contribution < -0.4 is 10.0 Å². The van der Waals surface area contributed by atoms with Crippen LogP contribution in [0.3, 0.4) is 0 Å². The summed E-state index contributed by atoms with van der Waals surface area (Å²) in [6.07, 6.45) is 0. The first kappa shape index (κ1) is 18.1. The van der Waals surface area contributed by atoms with Crippen molar-refractivity contribution in [1.82, 2.24) is 0 Å². The van der Waals surface area contributed by atoms with Crippen LogP contribution in [0.15, 0.2) is 24.3 Å². The average molecular weight is 359 g/mol. The van der Waals surface area contributed by atoms with Crippen molar-refractivity contribution in [2.45, 2.75) is 51.9 Å². The summed E-state index contributed by atoms with van der Waals surface area (Å²) in [7, 11) is 1.47. The van der Waals surface area contributed by atoms with Crippen molar-refractivity contribution in [3.05, 3.63) is 24.3 Å². The summed E-state index contributed by atoms with van der Waals surface area (Å²) in [5, 5.41) is 1.94. The Morgan fingerprint density at radius 1 is 0.889 bits per heavy atom. The van der Waals surface area contributed by atoms with Gasteiger partial charge in [-0.1, -0.05) is 67.7 Å². The summed E-state index contributed by atoms with van der Waals surface area (Å²) >= 11 is 0. The molecule has 18 heavy (non-hydrogen) atoms. The van der Waals surface area contributed by atoms with Crippen LogP contribution in [0.2, 0.25) is 0 Å². The fourth-order valence-corrected chi connectivity index (χ4v) is 6.62. The third kappa shape index (κ3) is 4.34. The summed E-state index contributed by atoms with van der Waals surface area (Å²) in [6, 6.07) is 8.45. The molecule has 3 heteroatoms. The monoisotopic (exact) mass is 358 g/mol. The standard InChI is InChI=1S/C15H25OP.Pd/c1-14(2,3)17(15(4,5)6)13-11-9-8-10-12(13)16-7;/h8-11H,1-7H3;. The van der Waals surface area contributed by atoms with E-state index in [9.17, 15) is 0 Å². The van der Waals surface area contributed by atoms with E-state index in [0.29, 0.717) is 0 Å². The van der Waals surface area contributed by atoms with Crippen LogP contribution >= 0.6 is 7.92 Å². The smallest absolute Gasteiger partial charge is 0.126 e. The summed E-state index contributed by atoms with van der Waals surface area (Å²) in [5.41, 5.74) is 0. The Morgan fingerprint density at radius 2 is 1.33 bits per heavy atom. The van der Waals surface area contributed by atoms with Gasteiger partial charge in [-0.2, -0.15) is 0 Å². The van der Waals surface area contributed by atoms with Gasteiger partial charge in [0.25, 0.3) is 0 Å². The molecule has 0 aliphatic heterocycles. The molecular formula is C15H25OPPd. The van der Waals surface area contributed by atoms with Crippen LogP contribution in [-0.2, 0) is 20.4 Å².